The molecule has 0 atom stereocenters. The molecule has 0 bridgehead atoms. The number of benzene rings is 1. The molecule has 1 aromatic carbocycles. The van der Waals surface area contributed by atoms with Gasteiger partial charge in [0.25, 0.3) is 5.56 Å². The largest absolute Gasteiger partial charge is 0.491 e. The Kier molecular flexibility index (Phi) is 4.48. The van der Waals surface area contributed by atoms with E-state index in [-0.39, 0.29) is 11.1 Å². The maximum absolute atomic E-state index is 12.2. The van der Waals surface area contributed by atoms with E-state index in [2.05, 4.69) is 20.4 Å². The molecule has 0 aliphatic heterocycles. The van der Waals surface area contributed by atoms with Crippen molar-refractivity contribution in [2.75, 3.05) is 18.5 Å². The van der Waals surface area contributed by atoms with Gasteiger partial charge in [0.15, 0.2) is 5.65 Å². The third-order valence-electron chi connectivity index (χ3n) is 3.82. The summed E-state index contributed by atoms with van der Waals surface area (Å²) in [5.74, 6) is 1.27. The number of nitrogens with zero attached hydrogens (tertiary/aromatic N) is 3. The van der Waals surface area contributed by atoms with Gasteiger partial charge in [0.1, 0.15) is 17.7 Å². The van der Waals surface area contributed by atoms with Crippen molar-refractivity contribution in [1.82, 2.24) is 19.7 Å². The molecule has 0 amide bonds. The summed E-state index contributed by atoms with van der Waals surface area (Å²) in [4.78, 5) is 19.5. The van der Waals surface area contributed by atoms with Crippen LogP contribution in [0.15, 0.2) is 35.3 Å². The fraction of sp³-hybridized carbons (Fsp3) is 0.389. The highest BCUT2D eigenvalue weighted by molar-refractivity contribution is 5.74. The van der Waals surface area contributed by atoms with Crippen LogP contribution in [-0.2, 0) is 5.54 Å². The van der Waals surface area contributed by atoms with Crippen molar-refractivity contribution >= 4 is 17.0 Å². The monoisotopic (exact) mass is 341 g/mol. The van der Waals surface area contributed by atoms with Gasteiger partial charge in [0.05, 0.1) is 18.3 Å². The highest BCUT2D eigenvalue weighted by atomic mass is 16.5. The molecule has 3 rings (SSSR count). The number of aromatic nitrogens is 4. The van der Waals surface area contributed by atoms with Crippen molar-refractivity contribution in [3.05, 3.63) is 46.4 Å². The second kappa shape index (κ2) is 6.58. The Bertz CT molecular complexity index is 937. The van der Waals surface area contributed by atoms with E-state index < -0.39 is 0 Å². The molecule has 132 valence electrons. The number of fused-ring (bicyclic) bond motifs is 1. The Morgan fingerprint density at radius 3 is 2.76 bits per heavy atom. The maximum Gasteiger partial charge on any atom is 0.263 e. The molecule has 0 aliphatic carbocycles. The zero-order valence-electron chi connectivity index (χ0n) is 15.0. The van der Waals surface area contributed by atoms with E-state index in [0.29, 0.717) is 30.1 Å². The minimum absolute atomic E-state index is 0.206. The number of aryl methyl sites for hydroxylation is 1. The summed E-state index contributed by atoms with van der Waals surface area (Å²) in [6.07, 6.45) is 1.55. The number of ether oxygens (including phenoxy) is 1. The molecule has 0 fully saturated rings. The summed E-state index contributed by atoms with van der Waals surface area (Å²) in [6, 6.07) is 7.85. The Balaban J connectivity index is 1.72. The Hall–Kier alpha value is -2.83. The predicted molar refractivity (Wildman–Crippen MR) is 98.3 cm³/mol. The van der Waals surface area contributed by atoms with Crippen LogP contribution >= 0.6 is 0 Å². The fourth-order valence-corrected chi connectivity index (χ4v) is 2.54. The minimum atomic E-state index is -0.256. The van der Waals surface area contributed by atoms with E-state index >= 15 is 0 Å². The van der Waals surface area contributed by atoms with Crippen LogP contribution in [0.2, 0.25) is 0 Å². The topological polar surface area (TPSA) is 84.8 Å². The van der Waals surface area contributed by atoms with E-state index in [9.17, 15) is 4.79 Å². The molecule has 3 aromatic rings. The van der Waals surface area contributed by atoms with Gasteiger partial charge >= 0.3 is 0 Å². The molecule has 2 aromatic heterocycles. The number of H-pyrrole nitrogens is 1. The van der Waals surface area contributed by atoms with Crippen molar-refractivity contribution in [3.8, 4) is 5.75 Å². The predicted octanol–water partition coefficient (Wildman–Crippen LogP) is 2.67. The third kappa shape index (κ3) is 3.65. The second-order valence-corrected chi connectivity index (χ2v) is 6.92. The summed E-state index contributed by atoms with van der Waals surface area (Å²) >= 11 is 0. The number of hydrogen-bond acceptors (Lipinski definition) is 5. The summed E-state index contributed by atoms with van der Waals surface area (Å²) < 4.78 is 7.50. The lowest BCUT2D eigenvalue weighted by Gasteiger charge is -2.19. The lowest BCUT2D eigenvalue weighted by atomic mass is 10.1. The van der Waals surface area contributed by atoms with Crippen LogP contribution in [0.3, 0.4) is 0 Å². The number of anilines is 1. The number of hydrogen-bond donors (Lipinski definition) is 2. The van der Waals surface area contributed by atoms with E-state index in [1.165, 1.54) is 0 Å². The van der Waals surface area contributed by atoms with Gasteiger partial charge in [-0.15, -0.1) is 0 Å². The number of nitrogens with one attached hydrogen (secondary N) is 2. The highest BCUT2D eigenvalue weighted by Gasteiger charge is 2.19. The van der Waals surface area contributed by atoms with Crippen molar-refractivity contribution in [2.24, 2.45) is 0 Å². The van der Waals surface area contributed by atoms with Crippen LogP contribution < -0.4 is 15.6 Å². The molecular formula is C18H23N5O2. The second-order valence-electron chi connectivity index (χ2n) is 6.92. The van der Waals surface area contributed by atoms with Gasteiger partial charge in [0.2, 0.25) is 5.95 Å². The Morgan fingerprint density at radius 2 is 2.04 bits per heavy atom. The van der Waals surface area contributed by atoms with Gasteiger partial charge < -0.3 is 10.1 Å². The SMILES string of the molecule is Cc1ccccc1OCCNc1nc2c(cnn2C(C)(C)C)c(=O)[nH]1. The fourth-order valence-electron chi connectivity index (χ4n) is 2.54. The summed E-state index contributed by atoms with van der Waals surface area (Å²) in [5.41, 5.74) is 1.19. The van der Waals surface area contributed by atoms with Gasteiger partial charge in [-0.05, 0) is 39.3 Å². The van der Waals surface area contributed by atoms with E-state index in [4.69, 9.17) is 4.74 Å². The van der Waals surface area contributed by atoms with Crippen LogP contribution in [0, 0.1) is 6.92 Å². The van der Waals surface area contributed by atoms with Crippen LogP contribution in [0.1, 0.15) is 26.3 Å². The minimum Gasteiger partial charge on any atom is -0.491 e. The first-order chi connectivity index (χ1) is 11.9. The molecule has 0 radical (unpaired) electrons. The van der Waals surface area contributed by atoms with Crippen LogP contribution in [0.4, 0.5) is 5.95 Å². The zero-order valence-corrected chi connectivity index (χ0v) is 15.0. The van der Waals surface area contributed by atoms with Gasteiger partial charge in [-0.25, -0.2) is 4.68 Å². The molecular weight excluding hydrogens is 318 g/mol. The van der Waals surface area contributed by atoms with E-state index in [1.807, 2.05) is 52.0 Å². The van der Waals surface area contributed by atoms with Gasteiger partial charge in [0, 0.05) is 0 Å². The molecule has 0 spiro atoms. The highest BCUT2D eigenvalue weighted by Crippen LogP contribution is 2.19. The molecule has 7 nitrogen and oxygen atoms in total. The van der Waals surface area contributed by atoms with Crippen LogP contribution in [0.5, 0.6) is 5.75 Å². The van der Waals surface area contributed by atoms with Crippen molar-refractivity contribution < 1.29 is 4.74 Å². The Morgan fingerprint density at radius 1 is 1.28 bits per heavy atom. The molecule has 25 heavy (non-hydrogen) atoms. The van der Waals surface area contributed by atoms with Crippen molar-refractivity contribution in [1.29, 1.82) is 0 Å². The smallest absolute Gasteiger partial charge is 0.263 e. The summed E-state index contributed by atoms with van der Waals surface area (Å²) in [5, 5.41) is 7.88. The molecule has 2 heterocycles. The third-order valence-corrected chi connectivity index (χ3v) is 3.82. The average Bonchev–Trinajstić information content (AvgIpc) is 2.98. The number of para-hydroxylation sites is 1. The lowest BCUT2D eigenvalue weighted by molar-refractivity contribution is 0.330. The molecule has 2 N–H and O–H groups in total. The number of aromatic amines is 1. The molecule has 7 heteroatoms. The van der Waals surface area contributed by atoms with Gasteiger partial charge in [-0.3, -0.25) is 9.78 Å². The number of rotatable bonds is 5. The first kappa shape index (κ1) is 17.0. The lowest BCUT2D eigenvalue weighted by Crippen LogP contribution is -2.24. The summed E-state index contributed by atoms with van der Waals surface area (Å²) in [7, 11) is 0. The van der Waals surface area contributed by atoms with Gasteiger partial charge in [-0.1, -0.05) is 18.2 Å². The first-order valence-corrected chi connectivity index (χ1v) is 8.27. The zero-order chi connectivity index (χ0) is 18.0. The quantitative estimate of drug-likeness (QED) is 0.697. The van der Waals surface area contributed by atoms with Crippen LogP contribution in [0.25, 0.3) is 11.0 Å². The molecule has 0 saturated heterocycles. The molecule has 0 unspecified atom stereocenters. The standard InChI is InChI=1S/C18H23N5O2/c1-12-7-5-6-8-14(12)25-10-9-19-17-21-15-13(16(24)22-17)11-20-23(15)18(2,3)4/h5-8,11H,9-10H2,1-4H3,(H2,19,21,22,24). The maximum atomic E-state index is 12.2. The normalized spacial score (nSPS) is 11.7. The van der Waals surface area contributed by atoms with Crippen molar-refractivity contribution in [2.45, 2.75) is 33.2 Å². The Labute approximate surface area is 146 Å². The van der Waals surface area contributed by atoms with Gasteiger partial charge in [-0.2, -0.15) is 10.1 Å². The molecule has 0 saturated carbocycles. The summed E-state index contributed by atoms with van der Waals surface area (Å²) in [6.45, 7) is 9.04. The average molecular weight is 341 g/mol. The van der Waals surface area contributed by atoms with Crippen molar-refractivity contribution in [3.63, 3.8) is 0 Å². The van der Waals surface area contributed by atoms with Crippen LogP contribution in [-0.4, -0.2) is 32.9 Å². The molecule has 0 aliphatic rings. The van der Waals surface area contributed by atoms with E-state index in [0.717, 1.165) is 11.3 Å². The first-order valence-electron chi connectivity index (χ1n) is 8.27. The van der Waals surface area contributed by atoms with E-state index in [1.54, 1.807) is 10.9 Å².